The second-order valence-electron chi connectivity index (χ2n) is 3.48. The molecule has 0 saturated heterocycles. The number of rotatable bonds is 3. The number of carbonyl (C=O) groups excluding carboxylic acids is 1. The molecular weight excluding hydrogens is 188 g/mol. The van der Waals surface area contributed by atoms with Gasteiger partial charge in [-0.25, -0.2) is 0 Å². The topological polar surface area (TPSA) is 45.8 Å². The molecule has 1 heterocycles. The average Bonchev–Trinajstić information content (AvgIpc) is 2.67. The number of hydrogen-bond acceptors (Lipinski definition) is 2. The summed E-state index contributed by atoms with van der Waals surface area (Å²) in [7, 11) is 0. The van der Waals surface area contributed by atoms with E-state index in [0.717, 1.165) is 12.0 Å². The molecule has 0 bridgehead atoms. The maximum Gasteiger partial charge on any atom is 0.180 e. The molecule has 2 rings (SSSR count). The molecule has 3 heteroatoms. The molecule has 76 valence electrons. The van der Waals surface area contributed by atoms with E-state index in [2.05, 4.69) is 10.2 Å². The fourth-order valence-corrected chi connectivity index (χ4v) is 1.57. The van der Waals surface area contributed by atoms with E-state index in [0.29, 0.717) is 5.69 Å². The minimum Gasteiger partial charge on any atom is -0.293 e. The lowest BCUT2D eigenvalue weighted by molar-refractivity contribution is 0.101. The maximum absolute atomic E-state index is 11.2. The van der Waals surface area contributed by atoms with Gasteiger partial charge in [0.2, 0.25) is 0 Å². The van der Waals surface area contributed by atoms with Crippen molar-refractivity contribution >= 4 is 5.78 Å². The molecule has 0 unspecified atom stereocenters. The minimum atomic E-state index is 0.00202. The van der Waals surface area contributed by atoms with Crippen molar-refractivity contribution in [3.8, 4) is 0 Å². The second kappa shape index (κ2) is 4.09. The van der Waals surface area contributed by atoms with Crippen LogP contribution >= 0.6 is 0 Å². The Hall–Kier alpha value is -1.90. The van der Waals surface area contributed by atoms with E-state index in [1.165, 1.54) is 12.5 Å². The number of ketones is 1. The molecule has 2 aromatic rings. The molecule has 0 saturated carbocycles. The number of Topliss-reactive ketones (excluding diaryl/α,β-unsaturated/α-hetero) is 1. The van der Waals surface area contributed by atoms with Crippen molar-refractivity contribution < 1.29 is 4.79 Å². The van der Waals surface area contributed by atoms with E-state index in [1.807, 2.05) is 30.3 Å². The van der Waals surface area contributed by atoms with Gasteiger partial charge in [0, 0.05) is 25.1 Å². The van der Waals surface area contributed by atoms with Crippen molar-refractivity contribution in [2.75, 3.05) is 0 Å². The fourth-order valence-electron chi connectivity index (χ4n) is 1.57. The summed E-state index contributed by atoms with van der Waals surface area (Å²) in [6.07, 6.45) is 2.52. The van der Waals surface area contributed by atoms with Crippen LogP contribution in [0.2, 0.25) is 0 Å². The van der Waals surface area contributed by atoms with Crippen molar-refractivity contribution in [1.82, 2.24) is 10.2 Å². The van der Waals surface area contributed by atoms with E-state index < -0.39 is 0 Å². The first kappa shape index (κ1) is 9.65. The standard InChI is InChI=1S/C12H12N2O/c1-9(15)12-11(8-13-14-12)7-10-5-3-2-4-6-10/h2-6,8H,7H2,1H3,(H,13,14). The number of aromatic nitrogens is 2. The predicted molar refractivity (Wildman–Crippen MR) is 57.8 cm³/mol. The molecule has 0 aliphatic heterocycles. The molecule has 1 aromatic heterocycles. The van der Waals surface area contributed by atoms with Crippen LogP contribution in [-0.4, -0.2) is 16.0 Å². The summed E-state index contributed by atoms with van der Waals surface area (Å²) in [6, 6.07) is 10.0. The van der Waals surface area contributed by atoms with Crippen molar-refractivity contribution in [1.29, 1.82) is 0 Å². The average molecular weight is 200 g/mol. The lowest BCUT2D eigenvalue weighted by atomic mass is 10.0. The van der Waals surface area contributed by atoms with Gasteiger partial charge in [0.05, 0.1) is 0 Å². The van der Waals surface area contributed by atoms with Crippen LogP contribution < -0.4 is 0 Å². The number of nitrogens with one attached hydrogen (secondary N) is 1. The van der Waals surface area contributed by atoms with Gasteiger partial charge in [0.1, 0.15) is 5.69 Å². The molecule has 1 aromatic carbocycles. The lowest BCUT2D eigenvalue weighted by Gasteiger charge is -1.99. The van der Waals surface area contributed by atoms with Gasteiger partial charge in [0.25, 0.3) is 0 Å². The van der Waals surface area contributed by atoms with Crippen LogP contribution in [0, 0.1) is 0 Å². The van der Waals surface area contributed by atoms with Crippen LogP contribution in [0.15, 0.2) is 36.5 Å². The summed E-state index contributed by atoms with van der Waals surface area (Å²) in [6.45, 7) is 1.53. The van der Waals surface area contributed by atoms with Crippen LogP contribution in [0.5, 0.6) is 0 Å². The number of hydrogen-bond donors (Lipinski definition) is 1. The Morgan fingerprint density at radius 1 is 1.33 bits per heavy atom. The molecular formula is C12H12N2O. The molecule has 0 spiro atoms. The lowest BCUT2D eigenvalue weighted by Crippen LogP contribution is -1.98. The highest BCUT2D eigenvalue weighted by Gasteiger charge is 2.10. The van der Waals surface area contributed by atoms with Crippen LogP contribution in [0.1, 0.15) is 28.5 Å². The first-order chi connectivity index (χ1) is 7.27. The van der Waals surface area contributed by atoms with Crippen molar-refractivity contribution in [3.05, 3.63) is 53.3 Å². The second-order valence-corrected chi connectivity index (χ2v) is 3.48. The van der Waals surface area contributed by atoms with Gasteiger partial charge in [-0.3, -0.25) is 9.89 Å². The van der Waals surface area contributed by atoms with Gasteiger partial charge in [-0.15, -0.1) is 0 Å². The molecule has 0 amide bonds. The molecule has 0 atom stereocenters. The summed E-state index contributed by atoms with van der Waals surface area (Å²) in [5.41, 5.74) is 2.67. The van der Waals surface area contributed by atoms with Gasteiger partial charge in [0.15, 0.2) is 5.78 Å². The normalized spacial score (nSPS) is 10.2. The van der Waals surface area contributed by atoms with Gasteiger partial charge in [-0.05, 0) is 5.56 Å². The summed E-state index contributed by atoms with van der Waals surface area (Å²) in [5.74, 6) is 0.00202. The van der Waals surface area contributed by atoms with E-state index >= 15 is 0 Å². The molecule has 3 nitrogen and oxygen atoms in total. The molecule has 0 aliphatic rings. The van der Waals surface area contributed by atoms with Crippen molar-refractivity contribution in [3.63, 3.8) is 0 Å². The largest absolute Gasteiger partial charge is 0.293 e. The third-order valence-corrected chi connectivity index (χ3v) is 2.29. The first-order valence-electron chi connectivity index (χ1n) is 4.85. The highest BCUT2D eigenvalue weighted by molar-refractivity contribution is 5.93. The molecule has 0 radical (unpaired) electrons. The fraction of sp³-hybridized carbons (Fsp3) is 0.167. The summed E-state index contributed by atoms with van der Waals surface area (Å²) < 4.78 is 0. The summed E-state index contributed by atoms with van der Waals surface area (Å²) in [5, 5.41) is 6.67. The van der Waals surface area contributed by atoms with Gasteiger partial charge < -0.3 is 0 Å². The number of aromatic amines is 1. The third kappa shape index (κ3) is 2.13. The van der Waals surface area contributed by atoms with Crippen LogP contribution in [0.4, 0.5) is 0 Å². The Kier molecular flexibility index (Phi) is 2.63. The van der Waals surface area contributed by atoms with E-state index in [9.17, 15) is 4.79 Å². The zero-order chi connectivity index (χ0) is 10.7. The summed E-state index contributed by atoms with van der Waals surface area (Å²) in [4.78, 5) is 11.2. The van der Waals surface area contributed by atoms with E-state index in [4.69, 9.17) is 0 Å². The Bertz CT molecular complexity index is 459. The smallest absolute Gasteiger partial charge is 0.180 e. The van der Waals surface area contributed by atoms with Crippen molar-refractivity contribution in [2.24, 2.45) is 0 Å². The molecule has 15 heavy (non-hydrogen) atoms. The highest BCUT2D eigenvalue weighted by Crippen LogP contribution is 2.12. The highest BCUT2D eigenvalue weighted by atomic mass is 16.1. The first-order valence-corrected chi connectivity index (χ1v) is 4.85. The van der Waals surface area contributed by atoms with E-state index in [1.54, 1.807) is 6.20 Å². The SMILES string of the molecule is CC(=O)c1n[nH]cc1Cc1ccccc1. The summed E-state index contributed by atoms with van der Waals surface area (Å²) >= 11 is 0. The molecule has 0 aliphatic carbocycles. The zero-order valence-corrected chi connectivity index (χ0v) is 8.53. The van der Waals surface area contributed by atoms with Crippen molar-refractivity contribution in [2.45, 2.75) is 13.3 Å². The number of H-pyrrole nitrogens is 1. The minimum absolute atomic E-state index is 0.00202. The van der Waals surface area contributed by atoms with Crippen LogP contribution in [0.3, 0.4) is 0 Å². The molecule has 0 fully saturated rings. The maximum atomic E-state index is 11.2. The predicted octanol–water partition coefficient (Wildman–Crippen LogP) is 2.20. The molecule has 1 N–H and O–H groups in total. The van der Waals surface area contributed by atoms with Crippen LogP contribution in [0.25, 0.3) is 0 Å². The third-order valence-electron chi connectivity index (χ3n) is 2.29. The Labute approximate surface area is 88.1 Å². The van der Waals surface area contributed by atoms with E-state index in [-0.39, 0.29) is 5.78 Å². The zero-order valence-electron chi connectivity index (χ0n) is 8.53. The Morgan fingerprint density at radius 3 is 2.73 bits per heavy atom. The number of carbonyl (C=O) groups is 1. The Balaban J connectivity index is 2.25. The van der Waals surface area contributed by atoms with Gasteiger partial charge in [-0.1, -0.05) is 30.3 Å². The van der Waals surface area contributed by atoms with Crippen LogP contribution in [-0.2, 0) is 6.42 Å². The van der Waals surface area contributed by atoms with Gasteiger partial charge in [-0.2, -0.15) is 5.10 Å². The number of nitrogens with zero attached hydrogens (tertiary/aromatic N) is 1. The Morgan fingerprint density at radius 2 is 2.07 bits per heavy atom. The van der Waals surface area contributed by atoms with Gasteiger partial charge >= 0.3 is 0 Å². The number of benzene rings is 1. The monoisotopic (exact) mass is 200 g/mol. The quantitative estimate of drug-likeness (QED) is 0.772.